The zero-order chi connectivity index (χ0) is 19.6. The van der Waals surface area contributed by atoms with E-state index in [1.165, 1.54) is 0 Å². The third kappa shape index (κ3) is 3.69. The normalized spacial score (nSPS) is 12.0. The van der Waals surface area contributed by atoms with E-state index in [-0.39, 0.29) is 11.9 Å². The van der Waals surface area contributed by atoms with Gasteiger partial charge >= 0.3 is 0 Å². The Labute approximate surface area is 159 Å². The molecule has 27 heavy (non-hydrogen) atoms. The molecule has 3 aromatic rings. The topological polar surface area (TPSA) is 85.8 Å². The van der Waals surface area contributed by atoms with E-state index in [0.29, 0.717) is 11.3 Å². The number of carbonyl (C=O) groups is 1. The Morgan fingerprint density at radius 3 is 2.52 bits per heavy atom. The van der Waals surface area contributed by atoms with Crippen LogP contribution in [0.2, 0.25) is 0 Å². The average Bonchev–Trinajstić information content (AvgIpc) is 2.95. The number of anilines is 1. The zero-order valence-electron chi connectivity index (χ0n) is 16.2. The number of aromatic nitrogens is 3. The minimum atomic E-state index is -0.119. The molecule has 3 N–H and O–H groups in total. The van der Waals surface area contributed by atoms with Crippen LogP contribution < -0.4 is 11.1 Å². The molecule has 140 valence electrons. The van der Waals surface area contributed by atoms with Crippen LogP contribution >= 0.6 is 0 Å². The summed E-state index contributed by atoms with van der Waals surface area (Å²) in [5.41, 5.74) is 12.2. The van der Waals surface area contributed by atoms with Crippen molar-refractivity contribution < 1.29 is 4.79 Å². The number of rotatable bonds is 5. The van der Waals surface area contributed by atoms with Gasteiger partial charge in [-0.1, -0.05) is 12.1 Å². The highest BCUT2D eigenvalue weighted by molar-refractivity contribution is 5.95. The number of benzene rings is 1. The Morgan fingerprint density at radius 2 is 1.93 bits per heavy atom. The second kappa shape index (κ2) is 7.61. The maximum Gasteiger partial charge on any atom is 0.251 e. The van der Waals surface area contributed by atoms with Crippen molar-refractivity contribution in [3.8, 4) is 11.1 Å². The fraction of sp³-hybridized carbons (Fsp3) is 0.286. The molecule has 2 heterocycles. The fourth-order valence-corrected chi connectivity index (χ4v) is 3.45. The van der Waals surface area contributed by atoms with Crippen molar-refractivity contribution in [2.24, 2.45) is 0 Å². The van der Waals surface area contributed by atoms with Crippen LogP contribution in [0.3, 0.4) is 0 Å². The summed E-state index contributed by atoms with van der Waals surface area (Å²) in [6, 6.07) is 9.03. The average molecular weight is 363 g/mol. The number of nitrogens with zero attached hydrogens (tertiary/aromatic N) is 3. The first kappa shape index (κ1) is 18.6. The van der Waals surface area contributed by atoms with Gasteiger partial charge in [-0.3, -0.25) is 14.5 Å². The Morgan fingerprint density at radius 1 is 1.22 bits per heavy atom. The number of nitrogens with one attached hydrogen (secondary N) is 1. The van der Waals surface area contributed by atoms with E-state index < -0.39 is 0 Å². The summed E-state index contributed by atoms with van der Waals surface area (Å²) in [6.45, 7) is 8.87. The lowest BCUT2D eigenvalue weighted by Crippen LogP contribution is -2.27. The molecule has 0 aliphatic heterocycles. The van der Waals surface area contributed by atoms with Crippen LogP contribution in [0.5, 0.6) is 0 Å². The molecule has 3 rings (SSSR count). The van der Waals surface area contributed by atoms with Crippen molar-refractivity contribution in [3.05, 3.63) is 65.2 Å². The van der Waals surface area contributed by atoms with Crippen molar-refractivity contribution >= 4 is 11.6 Å². The molecule has 0 aliphatic rings. The number of aryl methyl sites for hydroxylation is 2. The molecule has 6 heteroatoms. The highest BCUT2D eigenvalue weighted by Crippen LogP contribution is 2.25. The van der Waals surface area contributed by atoms with Crippen LogP contribution in [0, 0.1) is 13.8 Å². The lowest BCUT2D eigenvalue weighted by atomic mass is 10.0. The van der Waals surface area contributed by atoms with Gasteiger partial charge < -0.3 is 11.1 Å². The lowest BCUT2D eigenvalue weighted by molar-refractivity contribution is 0.0940. The smallest absolute Gasteiger partial charge is 0.251 e. The molecular formula is C21H25N5O. The first-order valence-corrected chi connectivity index (χ1v) is 9.07. The second-order valence-corrected chi connectivity index (χ2v) is 6.64. The number of pyridine rings is 1. The van der Waals surface area contributed by atoms with Crippen LogP contribution in [-0.4, -0.2) is 20.7 Å². The molecule has 0 aliphatic carbocycles. The molecule has 0 fully saturated rings. The highest BCUT2D eigenvalue weighted by atomic mass is 16.1. The molecule has 6 nitrogen and oxygen atoms in total. The van der Waals surface area contributed by atoms with E-state index in [2.05, 4.69) is 22.3 Å². The second-order valence-electron chi connectivity index (χ2n) is 6.64. The van der Waals surface area contributed by atoms with Gasteiger partial charge in [0.2, 0.25) is 0 Å². The molecule has 0 saturated heterocycles. The molecular weight excluding hydrogens is 338 g/mol. The van der Waals surface area contributed by atoms with Crippen LogP contribution in [0.25, 0.3) is 11.1 Å². The predicted octanol–water partition coefficient (Wildman–Crippen LogP) is 3.66. The van der Waals surface area contributed by atoms with E-state index >= 15 is 0 Å². The van der Waals surface area contributed by atoms with Gasteiger partial charge in [-0.05, 0) is 51.5 Å². The number of nitrogen functional groups attached to an aromatic ring is 1. The molecule has 0 unspecified atom stereocenters. The van der Waals surface area contributed by atoms with Crippen LogP contribution in [0.15, 0.2) is 42.7 Å². The third-order valence-corrected chi connectivity index (χ3v) is 4.83. The van der Waals surface area contributed by atoms with Crippen molar-refractivity contribution in [1.29, 1.82) is 0 Å². The standard InChI is InChI=1S/C21H25N5O/c1-5-26-15(4)20(14(3)25-26)13(2)24-21(27)17-8-6-16(7-9-17)18-12-23-11-10-19(18)22/h6-13H,5H2,1-4H3,(H2,22,23)(H,24,27)/t13-/m1/s1. The van der Waals surface area contributed by atoms with Crippen LogP contribution in [0.1, 0.15) is 47.2 Å². The van der Waals surface area contributed by atoms with Gasteiger partial charge in [0.25, 0.3) is 5.91 Å². The summed E-state index contributed by atoms with van der Waals surface area (Å²) < 4.78 is 1.96. The van der Waals surface area contributed by atoms with E-state index in [0.717, 1.165) is 34.6 Å². The number of hydrogen-bond acceptors (Lipinski definition) is 4. The van der Waals surface area contributed by atoms with Crippen molar-refractivity contribution in [2.75, 3.05) is 5.73 Å². The van der Waals surface area contributed by atoms with Gasteiger partial charge in [-0.2, -0.15) is 5.10 Å². The summed E-state index contributed by atoms with van der Waals surface area (Å²) in [5.74, 6) is -0.115. The van der Waals surface area contributed by atoms with Crippen LogP contribution in [-0.2, 0) is 6.54 Å². The number of hydrogen-bond donors (Lipinski definition) is 2. The summed E-state index contributed by atoms with van der Waals surface area (Å²) in [6.07, 6.45) is 3.39. The molecule has 0 bridgehead atoms. The minimum Gasteiger partial charge on any atom is -0.398 e. The van der Waals surface area contributed by atoms with Crippen molar-refractivity contribution in [1.82, 2.24) is 20.1 Å². The largest absolute Gasteiger partial charge is 0.398 e. The predicted molar refractivity (Wildman–Crippen MR) is 107 cm³/mol. The third-order valence-electron chi connectivity index (χ3n) is 4.83. The zero-order valence-corrected chi connectivity index (χ0v) is 16.2. The SMILES string of the molecule is CCn1nc(C)c([C@@H](C)NC(=O)c2ccc(-c3cnccc3N)cc2)c1C. The number of carbonyl (C=O) groups excluding carboxylic acids is 1. The molecule has 1 atom stereocenters. The minimum absolute atomic E-state index is 0.115. The summed E-state index contributed by atoms with van der Waals surface area (Å²) in [7, 11) is 0. The maximum absolute atomic E-state index is 12.7. The Balaban J connectivity index is 1.77. The molecule has 0 saturated carbocycles. The summed E-state index contributed by atoms with van der Waals surface area (Å²) >= 11 is 0. The lowest BCUT2D eigenvalue weighted by Gasteiger charge is -2.15. The molecule has 1 amide bonds. The number of nitrogens with two attached hydrogens (primary N) is 1. The van der Waals surface area contributed by atoms with Gasteiger partial charge in [-0.25, -0.2) is 0 Å². The number of amides is 1. The van der Waals surface area contributed by atoms with Crippen LogP contribution in [0.4, 0.5) is 5.69 Å². The molecule has 0 spiro atoms. The molecule has 2 aromatic heterocycles. The summed E-state index contributed by atoms with van der Waals surface area (Å²) in [4.78, 5) is 16.8. The Bertz CT molecular complexity index is 959. The first-order valence-electron chi connectivity index (χ1n) is 9.07. The van der Waals surface area contributed by atoms with E-state index in [9.17, 15) is 4.79 Å². The van der Waals surface area contributed by atoms with Gasteiger partial charge in [0.15, 0.2) is 0 Å². The fourth-order valence-electron chi connectivity index (χ4n) is 3.45. The Hall–Kier alpha value is -3.15. The monoisotopic (exact) mass is 363 g/mol. The quantitative estimate of drug-likeness (QED) is 0.724. The Kier molecular flexibility index (Phi) is 5.26. The van der Waals surface area contributed by atoms with E-state index in [1.54, 1.807) is 30.6 Å². The van der Waals surface area contributed by atoms with Gasteiger partial charge in [0.05, 0.1) is 11.7 Å². The first-order chi connectivity index (χ1) is 12.9. The maximum atomic E-state index is 12.7. The molecule has 0 radical (unpaired) electrons. The summed E-state index contributed by atoms with van der Waals surface area (Å²) in [5, 5.41) is 7.60. The van der Waals surface area contributed by atoms with Crippen molar-refractivity contribution in [3.63, 3.8) is 0 Å². The van der Waals surface area contributed by atoms with E-state index in [1.807, 2.05) is 37.6 Å². The molecule has 1 aromatic carbocycles. The van der Waals surface area contributed by atoms with Crippen molar-refractivity contribution in [2.45, 2.75) is 40.3 Å². The highest BCUT2D eigenvalue weighted by Gasteiger charge is 2.19. The van der Waals surface area contributed by atoms with Gasteiger partial charge in [0, 0.05) is 47.0 Å². The van der Waals surface area contributed by atoms with Gasteiger partial charge in [0.1, 0.15) is 0 Å². The van der Waals surface area contributed by atoms with Gasteiger partial charge in [-0.15, -0.1) is 0 Å². The van der Waals surface area contributed by atoms with E-state index in [4.69, 9.17) is 5.73 Å².